The molecule has 0 aliphatic rings. The van der Waals surface area contributed by atoms with Crippen LogP contribution in [0, 0.1) is 0 Å². The van der Waals surface area contributed by atoms with E-state index in [0.29, 0.717) is 18.4 Å². The standard InChI is InChI=1S/C19H13ClF5N4O/c20-15-16(17(21)22)28-10-29-18(15)26-8-7-11-1-4-13(5-2-11)30-14-6-3-12(9-27-14)19(23,24)25/h1-6,9-10,17H,7-8H2. The maximum Gasteiger partial charge on any atom is 0.417 e. The zero-order chi connectivity index (χ0) is 21.7. The SMILES string of the molecule is FC(F)c1ncnc([N]CCc2ccc(Oc3ccc(C(F)(F)F)cn3)cc2)c1Cl. The molecule has 0 amide bonds. The smallest absolute Gasteiger partial charge is 0.417 e. The number of benzene rings is 1. The summed E-state index contributed by atoms with van der Waals surface area (Å²) in [5.74, 6) is 0.414. The van der Waals surface area contributed by atoms with Crippen molar-refractivity contribution in [3.8, 4) is 11.6 Å². The highest BCUT2D eigenvalue weighted by atomic mass is 35.5. The van der Waals surface area contributed by atoms with Crippen molar-refractivity contribution < 1.29 is 26.7 Å². The first-order valence-corrected chi connectivity index (χ1v) is 8.88. The average molecular weight is 444 g/mol. The second-order valence-electron chi connectivity index (χ2n) is 5.96. The van der Waals surface area contributed by atoms with E-state index in [1.807, 2.05) is 0 Å². The molecule has 11 heteroatoms. The van der Waals surface area contributed by atoms with Gasteiger partial charge in [0.2, 0.25) is 5.88 Å². The van der Waals surface area contributed by atoms with Crippen LogP contribution in [0.25, 0.3) is 0 Å². The molecule has 157 valence electrons. The monoisotopic (exact) mass is 443 g/mol. The summed E-state index contributed by atoms with van der Waals surface area (Å²) in [5.41, 5.74) is -0.562. The van der Waals surface area contributed by atoms with Gasteiger partial charge in [-0.1, -0.05) is 23.7 Å². The Bertz CT molecular complexity index is 982. The van der Waals surface area contributed by atoms with Crippen LogP contribution in [0.3, 0.4) is 0 Å². The molecule has 0 N–H and O–H groups in total. The summed E-state index contributed by atoms with van der Waals surface area (Å²) in [6, 6.07) is 8.75. The molecule has 0 fully saturated rings. The molecule has 1 radical (unpaired) electrons. The van der Waals surface area contributed by atoms with Gasteiger partial charge in [-0.05, 0) is 30.2 Å². The maximum atomic E-state index is 12.8. The van der Waals surface area contributed by atoms with Gasteiger partial charge in [0.25, 0.3) is 6.43 Å². The van der Waals surface area contributed by atoms with Gasteiger partial charge in [-0.2, -0.15) is 13.2 Å². The molecular weight excluding hydrogens is 431 g/mol. The Kier molecular flexibility index (Phi) is 6.66. The molecule has 1 aromatic carbocycles. The van der Waals surface area contributed by atoms with E-state index in [4.69, 9.17) is 16.3 Å². The lowest BCUT2D eigenvalue weighted by Crippen LogP contribution is -2.07. The lowest BCUT2D eigenvalue weighted by atomic mass is 10.1. The molecule has 2 heterocycles. The topological polar surface area (TPSA) is 62.0 Å². The zero-order valence-electron chi connectivity index (χ0n) is 15.1. The molecule has 0 saturated heterocycles. The molecule has 30 heavy (non-hydrogen) atoms. The molecule has 0 atom stereocenters. The Morgan fingerprint density at radius 2 is 1.73 bits per heavy atom. The summed E-state index contributed by atoms with van der Waals surface area (Å²) in [5, 5.41) is 3.84. The summed E-state index contributed by atoms with van der Waals surface area (Å²) in [6.45, 7) is 0.250. The fourth-order valence-corrected chi connectivity index (χ4v) is 2.62. The Labute approximate surface area is 172 Å². The number of pyridine rings is 1. The molecule has 3 rings (SSSR count). The van der Waals surface area contributed by atoms with Gasteiger partial charge < -0.3 is 4.74 Å². The normalized spacial score (nSPS) is 11.6. The number of hydrogen-bond donors (Lipinski definition) is 0. The van der Waals surface area contributed by atoms with E-state index in [-0.39, 0.29) is 23.3 Å². The number of hydrogen-bond acceptors (Lipinski definition) is 4. The Balaban J connectivity index is 1.54. The van der Waals surface area contributed by atoms with Crippen molar-refractivity contribution >= 4 is 17.4 Å². The third-order valence-electron chi connectivity index (χ3n) is 3.88. The van der Waals surface area contributed by atoms with Crippen molar-refractivity contribution in [3.63, 3.8) is 0 Å². The predicted octanol–water partition coefficient (Wildman–Crippen LogP) is 5.75. The number of ether oxygens (including phenoxy) is 1. The quantitative estimate of drug-likeness (QED) is 0.436. The van der Waals surface area contributed by atoms with Gasteiger partial charge in [-0.15, -0.1) is 0 Å². The largest absolute Gasteiger partial charge is 0.439 e. The van der Waals surface area contributed by atoms with Crippen molar-refractivity contribution in [2.24, 2.45) is 0 Å². The number of nitrogens with zero attached hydrogens (tertiary/aromatic N) is 4. The number of aromatic nitrogens is 3. The summed E-state index contributed by atoms with van der Waals surface area (Å²) in [7, 11) is 0. The van der Waals surface area contributed by atoms with Gasteiger partial charge in [0, 0.05) is 18.8 Å². The third-order valence-corrected chi connectivity index (χ3v) is 4.24. The second kappa shape index (κ2) is 9.21. The van der Waals surface area contributed by atoms with E-state index in [1.54, 1.807) is 24.3 Å². The highest BCUT2D eigenvalue weighted by Crippen LogP contribution is 2.31. The molecular formula is C19H13ClF5N4O. The van der Waals surface area contributed by atoms with E-state index in [0.717, 1.165) is 24.0 Å². The molecule has 0 saturated carbocycles. The van der Waals surface area contributed by atoms with Crippen molar-refractivity contribution in [2.75, 3.05) is 6.54 Å². The van der Waals surface area contributed by atoms with Crippen molar-refractivity contribution in [1.29, 1.82) is 0 Å². The van der Waals surface area contributed by atoms with E-state index in [9.17, 15) is 22.0 Å². The lowest BCUT2D eigenvalue weighted by molar-refractivity contribution is -0.137. The van der Waals surface area contributed by atoms with Crippen molar-refractivity contribution in [3.05, 3.63) is 70.8 Å². The van der Waals surface area contributed by atoms with Crippen LogP contribution in [0.2, 0.25) is 5.02 Å². The van der Waals surface area contributed by atoms with E-state index >= 15 is 0 Å². The predicted molar refractivity (Wildman–Crippen MR) is 98.1 cm³/mol. The van der Waals surface area contributed by atoms with Crippen molar-refractivity contribution in [1.82, 2.24) is 20.3 Å². The van der Waals surface area contributed by atoms with Crippen LogP contribution < -0.4 is 10.1 Å². The highest BCUT2D eigenvalue weighted by molar-refractivity contribution is 6.33. The second-order valence-corrected chi connectivity index (χ2v) is 6.34. The first kappa shape index (κ1) is 21.7. The molecule has 0 aliphatic heterocycles. The summed E-state index contributed by atoms with van der Waals surface area (Å²) < 4.78 is 68.6. The maximum absolute atomic E-state index is 12.8. The Morgan fingerprint density at radius 1 is 1.00 bits per heavy atom. The molecule has 3 aromatic rings. The summed E-state index contributed by atoms with van der Waals surface area (Å²) >= 11 is 5.83. The average Bonchev–Trinajstić information content (AvgIpc) is 2.70. The van der Waals surface area contributed by atoms with Crippen LogP contribution in [0.4, 0.5) is 27.8 Å². The van der Waals surface area contributed by atoms with Gasteiger partial charge in [0.15, 0.2) is 5.82 Å². The fraction of sp³-hybridized carbons (Fsp3) is 0.211. The van der Waals surface area contributed by atoms with Gasteiger partial charge in [-0.3, -0.25) is 5.32 Å². The first-order chi connectivity index (χ1) is 14.2. The Hall–Kier alpha value is -3.01. The molecule has 0 aliphatic carbocycles. The Morgan fingerprint density at radius 3 is 2.33 bits per heavy atom. The highest BCUT2D eigenvalue weighted by Gasteiger charge is 2.30. The summed E-state index contributed by atoms with van der Waals surface area (Å²) in [4.78, 5) is 10.9. The van der Waals surface area contributed by atoms with Crippen LogP contribution in [-0.4, -0.2) is 21.5 Å². The summed E-state index contributed by atoms with van der Waals surface area (Å²) in [6.07, 6.45) is -5.13. The van der Waals surface area contributed by atoms with E-state index < -0.39 is 23.9 Å². The van der Waals surface area contributed by atoms with E-state index in [2.05, 4.69) is 20.3 Å². The molecule has 0 unspecified atom stereocenters. The minimum atomic E-state index is -4.46. The lowest BCUT2D eigenvalue weighted by Gasteiger charge is -2.09. The van der Waals surface area contributed by atoms with Gasteiger partial charge in [0.1, 0.15) is 22.8 Å². The first-order valence-electron chi connectivity index (χ1n) is 8.50. The van der Waals surface area contributed by atoms with Crippen LogP contribution in [0.1, 0.15) is 23.2 Å². The number of rotatable bonds is 7. The van der Waals surface area contributed by atoms with Gasteiger partial charge >= 0.3 is 6.18 Å². The van der Waals surface area contributed by atoms with Crippen molar-refractivity contribution in [2.45, 2.75) is 19.0 Å². The molecule has 0 bridgehead atoms. The molecule has 0 spiro atoms. The number of alkyl halides is 5. The minimum Gasteiger partial charge on any atom is -0.439 e. The fourth-order valence-electron chi connectivity index (χ4n) is 2.38. The van der Waals surface area contributed by atoms with Gasteiger partial charge in [0.05, 0.1) is 5.56 Å². The van der Waals surface area contributed by atoms with Crippen LogP contribution in [0.15, 0.2) is 48.9 Å². The van der Waals surface area contributed by atoms with E-state index in [1.165, 1.54) is 0 Å². The number of halogens is 6. The van der Waals surface area contributed by atoms with Crippen LogP contribution >= 0.6 is 11.6 Å². The van der Waals surface area contributed by atoms with Crippen LogP contribution in [-0.2, 0) is 12.6 Å². The molecule has 2 aromatic heterocycles. The zero-order valence-corrected chi connectivity index (χ0v) is 15.8. The third kappa shape index (κ3) is 5.53. The molecule has 5 nitrogen and oxygen atoms in total. The van der Waals surface area contributed by atoms with Gasteiger partial charge in [-0.25, -0.2) is 23.7 Å². The van der Waals surface area contributed by atoms with Crippen LogP contribution in [0.5, 0.6) is 11.6 Å². The minimum absolute atomic E-state index is 0.00435.